The van der Waals surface area contributed by atoms with E-state index in [-0.39, 0.29) is 25.2 Å². The van der Waals surface area contributed by atoms with E-state index in [0.29, 0.717) is 11.1 Å². The first kappa shape index (κ1) is 18.4. The van der Waals surface area contributed by atoms with Gasteiger partial charge >= 0.3 is 17.1 Å². The predicted molar refractivity (Wildman–Crippen MR) is 94.4 cm³/mol. The first-order valence-corrected chi connectivity index (χ1v) is 7.69. The minimum absolute atomic E-state index is 0.0224. The van der Waals surface area contributed by atoms with Gasteiger partial charge in [0, 0.05) is 5.56 Å². The van der Waals surface area contributed by atoms with Crippen LogP contribution in [-0.4, -0.2) is 13.7 Å². The summed E-state index contributed by atoms with van der Waals surface area (Å²) in [6, 6.07) is 5.86. The van der Waals surface area contributed by atoms with Crippen molar-refractivity contribution < 1.29 is 4.39 Å². The number of allylic oxidation sites excluding steroid dienone is 2. The first-order chi connectivity index (χ1) is 11.7. The largest absolute Gasteiger partial charge is 0.336 e. The van der Waals surface area contributed by atoms with Crippen LogP contribution in [0.1, 0.15) is 19.4 Å². The van der Waals surface area contributed by atoms with E-state index in [1.165, 1.54) is 18.2 Å². The molecule has 0 amide bonds. The quantitative estimate of drug-likeness (QED) is 0.746. The molecule has 0 aliphatic heterocycles. The molecule has 1 heterocycles. The Hall–Kier alpha value is -2.96. The summed E-state index contributed by atoms with van der Waals surface area (Å²) in [5.74, 6) is -0.530. The van der Waals surface area contributed by atoms with E-state index in [9.17, 15) is 18.8 Å². The van der Waals surface area contributed by atoms with Crippen LogP contribution in [0.3, 0.4) is 0 Å². The van der Waals surface area contributed by atoms with Crippen molar-refractivity contribution in [3.8, 4) is 0 Å². The third-order valence-electron chi connectivity index (χ3n) is 3.53. The van der Waals surface area contributed by atoms with E-state index in [1.807, 2.05) is 0 Å². The molecule has 1 aromatic heterocycles. The van der Waals surface area contributed by atoms with Crippen LogP contribution in [-0.2, 0) is 19.6 Å². The Morgan fingerprint density at radius 1 is 0.880 bits per heavy atom. The van der Waals surface area contributed by atoms with Crippen LogP contribution >= 0.6 is 0 Å². The third kappa shape index (κ3) is 3.93. The zero-order valence-corrected chi connectivity index (χ0v) is 14.3. The number of hydrogen-bond acceptors (Lipinski definition) is 3. The highest BCUT2D eigenvalue weighted by molar-refractivity contribution is 5.17. The van der Waals surface area contributed by atoms with Gasteiger partial charge in [0.15, 0.2) is 0 Å². The number of halogens is 1. The maximum absolute atomic E-state index is 13.9. The molecule has 0 unspecified atom stereocenters. The van der Waals surface area contributed by atoms with Gasteiger partial charge in [-0.25, -0.2) is 32.5 Å². The molecule has 0 radical (unpaired) electrons. The molecular formula is C18H20FN3O3. The summed E-state index contributed by atoms with van der Waals surface area (Å²) in [5, 5.41) is 0. The van der Waals surface area contributed by atoms with E-state index in [1.54, 1.807) is 19.9 Å². The fourth-order valence-electron chi connectivity index (χ4n) is 2.43. The average molecular weight is 345 g/mol. The molecule has 0 saturated heterocycles. The summed E-state index contributed by atoms with van der Waals surface area (Å²) in [6.07, 6.45) is 0. The SMILES string of the molecule is C=C(C)Cn1c(=O)n(CC(=C)C)c(=O)n(Cc2ccccc2F)c1=O. The summed E-state index contributed by atoms with van der Waals surface area (Å²) in [5.41, 5.74) is -0.970. The monoisotopic (exact) mass is 345 g/mol. The van der Waals surface area contributed by atoms with Crippen molar-refractivity contribution >= 4 is 0 Å². The Morgan fingerprint density at radius 2 is 1.32 bits per heavy atom. The molecule has 2 rings (SSSR count). The van der Waals surface area contributed by atoms with E-state index in [2.05, 4.69) is 13.2 Å². The van der Waals surface area contributed by atoms with Gasteiger partial charge in [0.2, 0.25) is 0 Å². The highest BCUT2D eigenvalue weighted by atomic mass is 19.1. The molecule has 0 spiro atoms. The van der Waals surface area contributed by atoms with E-state index in [4.69, 9.17) is 0 Å². The standard InChI is InChI=1S/C18H20FN3O3/c1-12(2)9-20-16(23)21(10-13(3)4)18(25)22(17(20)24)11-14-7-5-6-8-15(14)19/h5-8H,1,3,9-11H2,2,4H3. The Balaban J connectivity index is 2.74. The molecule has 0 atom stereocenters. The molecule has 2 aromatic rings. The second-order valence-electron chi connectivity index (χ2n) is 6.11. The lowest BCUT2D eigenvalue weighted by Gasteiger charge is -2.14. The molecule has 6 nitrogen and oxygen atoms in total. The van der Waals surface area contributed by atoms with E-state index < -0.39 is 22.9 Å². The molecule has 0 saturated carbocycles. The van der Waals surface area contributed by atoms with Crippen molar-refractivity contribution in [1.29, 1.82) is 0 Å². The molecule has 0 aliphatic carbocycles. The normalized spacial score (nSPS) is 10.7. The second kappa shape index (κ2) is 7.29. The Morgan fingerprint density at radius 3 is 1.76 bits per heavy atom. The summed E-state index contributed by atoms with van der Waals surface area (Å²) in [6.45, 7) is 10.4. The fourth-order valence-corrected chi connectivity index (χ4v) is 2.43. The van der Waals surface area contributed by atoms with Crippen LogP contribution in [0.4, 0.5) is 4.39 Å². The molecule has 1 aromatic carbocycles. The van der Waals surface area contributed by atoms with Crippen molar-refractivity contribution in [2.24, 2.45) is 0 Å². The second-order valence-corrected chi connectivity index (χ2v) is 6.11. The maximum Gasteiger partial charge on any atom is 0.336 e. The molecular weight excluding hydrogens is 325 g/mol. The van der Waals surface area contributed by atoms with Crippen LogP contribution < -0.4 is 17.1 Å². The lowest BCUT2D eigenvalue weighted by molar-refractivity contribution is 0.482. The first-order valence-electron chi connectivity index (χ1n) is 7.69. The summed E-state index contributed by atoms with van der Waals surface area (Å²) in [7, 11) is 0. The zero-order valence-electron chi connectivity index (χ0n) is 14.3. The van der Waals surface area contributed by atoms with Gasteiger partial charge in [-0.05, 0) is 19.9 Å². The van der Waals surface area contributed by atoms with E-state index in [0.717, 1.165) is 13.7 Å². The summed E-state index contributed by atoms with van der Waals surface area (Å²) < 4.78 is 16.6. The van der Waals surface area contributed by atoms with Gasteiger partial charge in [0.25, 0.3) is 0 Å². The van der Waals surface area contributed by atoms with Crippen molar-refractivity contribution in [3.63, 3.8) is 0 Å². The van der Waals surface area contributed by atoms with Crippen LogP contribution in [0.25, 0.3) is 0 Å². The number of benzene rings is 1. The van der Waals surface area contributed by atoms with Gasteiger partial charge in [-0.1, -0.05) is 42.5 Å². The summed E-state index contributed by atoms with van der Waals surface area (Å²) in [4.78, 5) is 37.8. The topological polar surface area (TPSA) is 66.0 Å². The number of rotatable bonds is 6. The van der Waals surface area contributed by atoms with Gasteiger partial charge in [-0.3, -0.25) is 0 Å². The molecule has 0 aliphatic rings. The highest BCUT2D eigenvalue weighted by Crippen LogP contribution is 2.06. The van der Waals surface area contributed by atoms with Gasteiger partial charge in [-0.2, -0.15) is 0 Å². The number of hydrogen-bond donors (Lipinski definition) is 0. The molecule has 0 N–H and O–H groups in total. The number of aromatic nitrogens is 3. The molecule has 7 heteroatoms. The smallest absolute Gasteiger partial charge is 0.247 e. The zero-order chi connectivity index (χ0) is 18.7. The van der Waals surface area contributed by atoms with Crippen LogP contribution in [0.5, 0.6) is 0 Å². The Kier molecular flexibility index (Phi) is 5.36. The lowest BCUT2D eigenvalue weighted by Crippen LogP contribution is -2.54. The number of nitrogens with zero attached hydrogens (tertiary/aromatic N) is 3. The fraction of sp³-hybridized carbons (Fsp3) is 0.278. The van der Waals surface area contributed by atoms with E-state index >= 15 is 0 Å². The van der Waals surface area contributed by atoms with Gasteiger partial charge < -0.3 is 0 Å². The Bertz CT molecular complexity index is 957. The van der Waals surface area contributed by atoms with Crippen LogP contribution in [0.15, 0.2) is 63.0 Å². The Labute approximate surface area is 143 Å². The molecule has 0 bridgehead atoms. The minimum atomic E-state index is -0.792. The van der Waals surface area contributed by atoms with Crippen molar-refractivity contribution in [2.45, 2.75) is 33.5 Å². The van der Waals surface area contributed by atoms with Crippen molar-refractivity contribution in [3.05, 3.63) is 91.4 Å². The predicted octanol–water partition coefficient (Wildman–Crippen LogP) is 1.51. The van der Waals surface area contributed by atoms with Gasteiger partial charge in [-0.15, -0.1) is 0 Å². The summed E-state index contributed by atoms with van der Waals surface area (Å²) >= 11 is 0. The van der Waals surface area contributed by atoms with Gasteiger partial charge in [0.1, 0.15) is 5.82 Å². The molecule has 0 fully saturated rings. The van der Waals surface area contributed by atoms with Crippen LogP contribution in [0.2, 0.25) is 0 Å². The van der Waals surface area contributed by atoms with Crippen LogP contribution in [0, 0.1) is 5.82 Å². The molecule has 25 heavy (non-hydrogen) atoms. The third-order valence-corrected chi connectivity index (χ3v) is 3.53. The van der Waals surface area contributed by atoms with Gasteiger partial charge in [0.05, 0.1) is 19.6 Å². The molecule has 132 valence electrons. The van der Waals surface area contributed by atoms with Crippen molar-refractivity contribution in [1.82, 2.24) is 13.7 Å². The highest BCUT2D eigenvalue weighted by Gasteiger charge is 2.16. The van der Waals surface area contributed by atoms with Crippen molar-refractivity contribution in [2.75, 3.05) is 0 Å². The lowest BCUT2D eigenvalue weighted by atomic mass is 10.2. The maximum atomic E-state index is 13.9. The minimum Gasteiger partial charge on any atom is -0.247 e. The average Bonchev–Trinajstić information content (AvgIpc) is 2.53.